The molecule has 0 amide bonds. The fourth-order valence-corrected chi connectivity index (χ4v) is 0.192. The van der Waals surface area contributed by atoms with Crippen molar-refractivity contribution in [1.82, 2.24) is 0 Å². The Morgan fingerprint density at radius 2 is 2.00 bits per heavy atom. The number of alkyl halides is 3. The molecule has 0 rings (SSSR count). The summed E-state index contributed by atoms with van der Waals surface area (Å²) in [5.74, 6) is 0. The van der Waals surface area contributed by atoms with Crippen molar-refractivity contribution in [2.75, 3.05) is 6.61 Å². The fourth-order valence-electron chi connectivity index (χ4n) is 0.192. The van der Waals surface area contributed by atoms with E-state index in [9.17, 15) is 13.2 Å². The Labute approximate surface area is 80.0 Å². The Morgan fingerprint density at radius 1 is 1.55 bits per heavy atom. The van der Waals surface area contributed by atoms with Gasteiger partial charge in [0.2, 0.25) is 0 Å². The first-order chi connectivity index (χ1) is 5.06. The van der Waals surface area contributed by atoms with Crippen LogP contribution in [0, 0.1) is 6.08 Å². The van der Waals surface area contributed by atoms with E-state index in [-0.39, 0.29) is 6.61 Å². The maximum absolute atomic E-state index is 11.2. The van der Waals surface area contributed by atoms with E-state index in [1.807, 2.05) is 0 Å². The summed E-state index contributed by atoms with van der Waals surface area (Å²) in [6.07, 6.45) is -2.79. The van der Waals surface area contributed by atoms with Crippen LogP contribution in [0.2, 0.25) is 0 Å². The topological polar surface area (TPSA) is 9.23 Å². The molecule has 0 radical (unpaired) electrons. The standard InChI is InChI=1S/C5H6F3O.BrH.Zn/c1-2-9-4-3-5(6,7)8;;/h4H,2H2,1H3;1H;/q-1;;+2/p-1. The first-order valence-electron chi connectivity index (χ1n) is 2.60. The normalized spacial score (nSPS) is 10.8. The summed E-state index contributed by atoms with van der Waals surface area (Å²) in [6, 6.07) is 0. The molecule has 0 aromatic heterocycles. The van der Waals surface area contributed by atoms with Crippen LogP contribution in [0.3, 0.4) is 0 Å². The van der Waals surface area contributed by atoms with Crippen molar-refractivity contribution in [3.8, 4) is 0 Å². The van der Waals surface area contributed by atoms with Gasteiger partial charge in [-0.1, -0.05) is 6.26 Å². The minimum absolute atomic E-state index is 0.225. The van der Waals surface area contributed by atoms with Crippen LogP contribution in [-0.2, 0) is 21.1 Å². The van der Waals surface area contributed by atoms with Crippen molar-refractivity contribution in [2.45, 2.75) is 13.1 Å². The molecular formula is C5H6BrF3OZn. The number of allylic oxidation sites excluding steroid dienone is 1. The second kappa shape index (κ2) is 8.53. The zero-order chi connectivity index (χ0) is 9.33. The Hall–Kier alpha value is 0.433. The Morgan fingerprint density at radius 3 is 2.27 bits per heavy atom. The van der Waals surface area contributed by atoms with E-state index in [1.54, 1.807) is 6.92 Å². The molecule has 6 heteroatoms. The average Bonchev–Trinajstić information content (AvgIpc) is 1.90. The number of hydrogen-bond donors (Lipinski definition) is 0. The molecule has 0 bridgehead atoms. The van der Waals surface area contributed by atoms with E-state index in [1.165, 1.54) is 16.3 Å². The predicted molar refractivity (Wildman–Crippen MR) is 34.4 cm³/mol. The van der Waals surface area contributed by atoms with Gasteiger partial charge < -0.3 is 10.8 Å². The van der Waals surface area contributed by atoms with Crippen LogP contribution in [0.25, 0.3) is 0 Å². The number of hydrogen-bond acceptors (Lipinski definition) is 1. The fraction of sp³-hybridized carbons (Fsp3) is 0.600. The van der Waals surface area contributed by atoms with Gasteiger partial charge in [0, 0.05) is 0 Å². The summed E-state index contributed by atoms with van der Waals surface area (Å²) in [7, 11) is 0. The van der Waals surface area contributed by atoms with Crippen LogP contribution in [0.4, 0.5) is 13.2 Å². The predicted octanol–water partition coefficient (Wildman–Crippen LogP) is 2.75. The van der Waals surface area contributed by atoms with Crippen molar-refractivity contribution >= 4 is 13.6 Å². The third-order valence-electron chi connectivity index (χ3n) is 0.473. The van der Waals surface area contributed by atoms with Crippen molar-refractivity contribution < 1.29 is 34.3 Å². The van der Waals surface area contributed by atoms with Crippen LogP contribution in [0.1, 0.15) is 6.92 Å². The quantitative estimate of drug-likeness (QED) is 0.430. The van der Waals surface area contributed by atoms with E-state index >= 15 is 0 Å². The van der Waals surface area contributed by atoms with Crippen molar-refractivity contribution in [3.05, 3.63) is 12.3 Å². The van der Waals surface area contributed by atoms with E-state index in [4.69, 9.17) is 0 Å². The summed E-state index contributed by atoms with van der Waals surface area (Å²) in [5.41, 5.74) is 0. The molecule has 0 saturated heterocycles. The zero-order valence-electron chi connectivity index (χ0n) is 5.91. The summed E-state index contributed by atoms with van der Waals surface area (Å²) in [4.78, 5) is 0. The van der Waals surface area contributed by atoms with Gasteiger partial charge in [-0.25, -0.2) is 13.2 Å². The molecule has 0 unspecified atom stereocenters. The Balaban J connectivity index is 0. The van der Waals surface area contributed by atoms with E-state index in [2.05, 4.69) is 18.4 Å². The van der Waals surface area contributed by atoms with Gasteiger partial charge in [0.05, 0.1) is 6.61 Å². The van der Waals surface area contributed by atoms with Gasteiger partial charge in [0.1, 0.15) is 0 Å². The molecule has 0 aliphatic rings. The number of rotatable bonds is 2. The van der Waals surface area contributed by atoms with E-state index in [0.29, 0.717) is 6.26 Å². The van der Waals surface area contributed by atoms with Gasteiger partial charge in [-0.15, -0.1) is 0 Å². The van der Waals surface area contributed by atoms with Crippen LogP contribution < -0.4 is 0 Å². The average molecular weight is 284 g/mol. The van der Waals surface area contributed by atoms with Crippen molar-refractivity contribution in [1.29, 1.82) is 0 Å². The summed E-state index contributed by atoms with van der Waals surface area (Å²) in [6.45, 7) is 1.82. The monoisotopic (exact) mass is 282 g/mol. The third-order valence-corrected chi connectivity index (χ3v) is 0.473. The van der Waals surface area contributed by atoms with E-state index < -0.39 is 6.18 Å². The molecule has 0 aliphatic carbocycles. The first kappa shape index (κ1) is 14.0. The van der Waals surface area contributed by atoms with Crippen molar-refractivity contribution in [3.63, 3.8) is 0 Å². The molecule has 0 aliphatic heterocycles. The van der Waals surface area contributed by atoms with Gasteiger partial charge in [0.25, 0.3) is 6.18 Å². The molecule has 0 N–H and O–H groups in total. The second-order valence-corrected chi connectivity index (χ2v) is 1.22. The molecule has 0 fully saturated rings. The van der Waals surface area contributed by atoms with Gasteiger partial charge in [-0.05, 0) is 6.92 Å². The van der Waals surface area contributed by atoms with Crippen LogP contribution in [0.15, 0.2) is 6.26 Å². The molecule has 0 heterocycles. The third kappa shape index (κ3) is 17.9. The molecule has 62 valence electrons. The summed E-state index contributed by atoms with van der Waals surface area (Å²) >= 11 is 4.25. The molecule has 0 saturated carbocycles. The molecular weight excluding hydrogens is 278 g/mol. The molecule has 0 aromatic rings. The van der Waals surface area contributed by atoms with Crippen molar-refractivity contribution in [2.24, 2.45) is 0 Å². The summed E-state index contributed by atoms with van der Waals surface area (Å²) < 4.78 is 37.7. The molecule has 11 heavy (non-hydrogen) atoms. The zero-order valence-corrected chi connectivity index (χ0v) is 10.5. The second-order valence-electron chi connectivity index (χ2n) is 1.22. The Kier molecular flexibility index (Phi) is 10.8. The molecule has 1 nitrogen and oxygen atoms in total. The first-order valence-corrected chi connectivity index (χ1v) is 9.55. The molecule has 0 aromatic carbocycles. The SMILES string of the molecule is CCOC=[C-]C(F)(F)F.[Zn+][Br]. The molecule has 0 atom stereocenters. The van der Waals surface area contributed by atoms with Crippen LogP contribution in [-0.4, -0.2) is 12.8 Å². The number of halogens is 4. The Bertz CT molecular complexity index is 104. The van der Waals surface area contributed by atoms with Gasteiger partial charge in [-0.2, -0.15) is 0 Å². The molecule has 0 spiro atoms. The van der Waals surface area contributed by atoms with Gasteiger partial charge in [0.15, 0.2) is 0 Å². The van der Waals surface area contributed by atoms with E-state index in [0.717, 1.165) is 6.08 Å². The minimum atomic E-state index is -4.38. The summed E-state index contributed by atoms with van der Waals surface area (Å²) in [5, 5.41) is 0. The van der Waals surface area contributed by atoms with Crippen LogP contribution >= 0.6 is 13.6 Å². The number of ether oxygens (including phenoxy) is 1. The van der Waals surface area contributed by atoms with Crippen LogP contribution in [0.5, 0.6) is 0 Å². The maximum atomic E-state index is 11.2. The van der Waals surface area contributed by atoms with Gasteiger partial charge >= 0.3 is 30.0 Å². The van der Waals surface area contributed by atoms with Gasteiger partial charge in [-0.3, -0.25) is 0 Å².